The van der Waals surface area contributed by atoms with Gasteiger partial charge in [0.25, 0.3) is 0 Å². The molecule has 0 aliphatic carbocycles. The van der Waals surface area contributed by atoms with Gasteiger partial charge in [-0.3, -0.25) is 0 Å². The average molecular weight is 296 g/mol. The quantitative estimate of drug-likeness (QED) is 0.400. The Balaban J connectivity index is 1.81. The van der Waals surface area contributed by atoms with E-state index in [0.717, 1.165) is 30.0 Å². The van der Waals surface area contributed by atoms with Crippen LogP contribution in [0.5, 0.6) is 0 Å². The zero-order valence-electron chi connectivity index (χ0n) is 13.2. The number of azo groups is 1. The van der Waals surface area contributed by atoms with Gasteiger partial charge in [0.1, 0.15) is 0 Å². The van der Waals surface area contributed by atoms with Gasteiger partial charge in [-0.2, -0.15) is 10.2 Å². The fourth-order valence-corrected chi connectivity index (χ4v) is 2.14. The van der Waals surface area contributed by atoms with Crippen LogP contribution in [0.15, 0.2) is 64.8 Å². The molecule has 0 amide bonds. The Hall–Kier alpha value is -2.00. The zero-order valence-corrected chi connectivity index (χ0v) is 13.2. The van der Waals surface area contributed by atoms with E-state index < -0.39 is 0 Å². The molecular formula is C19H24N2O. The molecule has 0 N–H and O–H groups in total. The maximum absolute atomic E-state index is 5.71. The molecule has 22 heavy (non-hydrogen) atoms. The van der Waals surface area contributed by atoms with Crippen LogP contribution < -0.4 is 0 Å². The normalized spacial score (nSPS) is 11.1. The summed E-state index contributed by atoms with van der Waals surface area (Å²) in [6, 6.07) is 17.8. The van der Waals surface area contributed by atoms with E-state index in [4.69, 9.17) is 4.74 Å². The largest absolute Gasteiger partial charge is 0.377 e. The van der Waals surface area contributed by atoms with Gasteiger partial charge in [0.05, 0.1) is 18.0 Å². The molecule has 0 radical (unpaired) electrons. The van der Waals surface area contributed by atoms with Crippen LogP contribution in [0.3, 0.4) is 0 Å². The maximum Gasteiger partial charge on any atom is 0.0860 e. The van der Waals surface area contributed by atoms with Crippen molar-refractivity contribution in [1.82, 2.24) is 0 Å². The van der Waals surface area contributed by atoms with Gasteiger partial charge in [-0.15, -0.1) is 0 Å². The van der Waals surface area contributed by atoms with Crippen LogP contribution in [-0.2, 0) is 11.3 Å². The van der Waals surface area contributed by atoms with Crippen molar-refractivity contribution in [1.29, 1.82) is 0 Å². The highest BCUT2D eigenvalue weighted by atomic mass is 16.5. The summed E-state index contributed by atoms with van der Waals surface area (Å²) in [5.41, 5.74) is 2.86. The van der Waals surface area contributed by atoms with Crippen molar-refractivity contribution in [2.45, 2.75) is 39.2 Å². The second kappa shape index (κ2) is 9.85. The molecule has 2 aromatic rings. The van der Waals surface area contributed by atoms with Crippen molar-refractivity contribution in [3.05, 3.63) is 60.2 Å². The third-order valence-electron chi connectivity index (χ3n) is 3.36. The molecule has 0 saturated carbocycles. The Labute approximate surface area is 133 Å². The van der Waals surface area contributed by atoms with E-state index >= 15 is 0 Å². The molecule has 0 spiro atoms. The standard InChI is InChI=1S/C19H24N2O/c1-2-3-4-8-14-22-16-17-10-9-13-19(15-17)21-20-18-11-6-5-7-12-18/h5-7,9-13,15H,2-4,8,14,16H2,1H3. The number of hydrogen-bond donors (Lipinski definition) is 0. The molecule has 0 atom stereocenters. The third-order valence-corrected chi connectivity index (χ3v) is 3.36. The van der Waals surface area contributed by atoms with Crippen LogP contribution in [0, 0.1) is 0 Å². The zero-order chi connectivity index (χ0) is 15.5. The van der Waals surface area contributed by atoms with E-state index in [1.54, 1.807) is 0 Å². The Bertz CT molecular complexity index is 567. The fraction of sp³-hybridized carbons (Fsp3) is 0.368. The van der Waals surface area contributed by atoms with E-state index in [2.05, 4.69) is 23.2 Å². The minimum atomic E-state index is 0.640. The lowest BCUT2D eigenvalue weighted by Crippen LogP contribution is -1.95. The highest BCUT2D eigenvalue weighted by molar-refractivity contribution is 5.41. The minimum Gasteiger partial charge on any atom is -0.377 e. The Morgan fingerprint density at radius 1 is 0.818 bits per heavy atom. The van der Waals surface area contributed by atoms with E-state index in [1.807, 2.05) is 48.5 Å². The van der Waals surface area contributed by atoms with Crippen LogP contribution in [-0.4, -0.2) is 6.61 Å². The molecule has 0 unspecified atom stereocenters. The van der Waals surface area contributed by atoms with E-state index in [1.165, 1.54) is 19.3 Å². The van der Waals surface area contributed by atoms with Gasteiger partial charge in [-0.05, 0) is 36.2 Å². The number of benzene rings is 2. The van der Waals surface area contributed by atoms with Gasteiger partial charge in [-0.1, -0.05) is 56.5 Å². The fourth-order valence-electron chi connectivity index (χ4n) is 2.14. The van der Waals surface area contributed by atoms with Crippen LogP contribution in [0.4, 0.5) is 11.4 Å². The van der Waals surface area contributed by atoms with E-state index in [9.17, 15) is 0 Å². The summed E-state index contributed by atoms with van der Waals surface area (Å²) in [6.07, 6.45) is 4.94. The summed E-state index contributed by atoms with van der Waals surface area (Å²) >= 11 is 0. The SMILES string of the molecule is CCCCCCOCc1cccc(N=Nc2ccccc2)c1. The molecule has 0 fully saturated rings. The first-order chi connectivity index (χ1) is 10.9. The van der Waals surface area contributed by atoms with Gasteiger partial charge in [0.15, 0.2) is 0 Å². The number of unbranched alkanes of at least 4 members (excludes halogenated alkanes) is 3. The molecule has 0 saturated heterocycles. The molecule has 0 heterocycles. The average Bonchev–Trinajstić information content (AvgIpc) is 2.57. The first-order valence-corrected chi connectivity index (χ1v) is 8.02. The molecule has 3 heteroatoms. The summed E-state index contributed by atoms with van der Waals surface area (Å²) in [4.78, 5) is 0. The van der Waals surface area contributed by atoms with Crippen molar-refractivity contribution < 1.29 is 4.74 Å². The Kier molecular flexibility index (Phi) is 7.33. The summed E-state index contributed by atoms with van der Waals surface area (Å²) in [5.74, 6) is 0. The molecule has 2 aromatic carbocycles. The molecule has 2 rings (SSSR count). The lowest BCUT2D eigenvalue weighted by atomic mass is 10.2. The number of ether oxygens (including phenoxy) is 1. The topological polar surface area (TPSA) is 34.0 Å². The molecular weight excluding hydrogens is 272 g/mol. The van der Waals surface area contributed by atoms with Gasteiger partial charge in [-0.25, -0.2) is 0 Å². The van der Waals surface area contributed by atoms with E-state index in [-0.39, 0.29) is 0 Å². The molecule has 0 bridgehead atoms. The van der Waals surface area contributed by atoms with Crippen molar-refractivity contribution >= 4 is 11.4 Å². The number of nitrogens with zero attached hydrogens (tertiary/aromatic N) is 2. The Morgan fingerprint density at radius 3 is 2.41 bits per heavy atom. The predicted molar refractivity (Wildman–Crippen MR) is 90.9 cm³/mol. The molecule has 3 nitrogen and oxygen atoms in total. The van der Waals surface area contributed by atoms with Crippen molar-refractivity contribution in [3.8, 4) is 0 Å². The molecule has 0 aromatic heterocycles. The van der Waals surface area contributed by atoms with E-state index in [0.29, 0.717) is 6.61 Å². The lowest BCUT2D eigenvalue weighted by Gasteiger charge is -2.04. The first kappa shape index (κ1) is 16.4. The summed E-state index contributed by atoms with van der Waals surface area (Å²) in [6.45, 7) is 3.69. The number of rotatable bonds is 9. The molecule has 0 aliphatic heterocycles. The van der Waals surface area contributed by atoms with Crippen LogP contribution >= 0.6 is 0 Å². The van der Waals surface area contributed by atoms with Crippen molar-refractivity contribution in [2.24, 2.45) is 10.2 Å². The maximum atomic E-state index is 5.71. The van der Waals surface area contributed by atoms with Crippen LogP contribution in [0.25, 0.3) is 0 Å². The van der Waals surface area contributed by atoms with Gasteiger partial charge in [0.2, 0.25) is 0 Å². The van der Waals surface area contributed by atoms with Gasteiger partial charge in [0, 0.05) is 6.61 Å². The highest BCUT2D eigenvalue weighted by Crippen LogP contribution is 2.19. The second-order valence-electron chi connectivity index (χ2n) is 5.32. The van der Waals surface area contributed by atoms with Crippen molar-refractivity contribution in [3.63, 3.8) is 0 Å². The molecule has 0 aliphatic rings. The summed E-state index contributed by atoms with van der Waals surface area (Å²) in [7, 11) is 0. The second-order valence-corrected chi connectivity index (χ2v) is 5.32. The highest BCUT2D eigenvalue weighted by Gasteiger charge is 1.96. The smallest absolute Gasteiger partial charge is 0.0860 e. The minimum absolute atomic E-state index is 0.640. The lowest BCUT2D eigenvalue weighted by molar-refractivity contribution is 0.117. The van der Waals surface area contributed by atoms with Crippen LogP contribution in [0.1, 0.15) is 38.2 Å². The first-order valence-electron chi connectivity index (χ1n) is 8.02. The van der Waals surface area contributed by atoms with Crippen LogP contribution in [0.2, 0.25) is 0 Å². The monoisotopic (exact) mass is 296 g/mol. The number of hydrogen-bond acceptors (Lipinski definition) is 3. The summed E-state index contributed by atoms with van der Waals surface area (Å²) in [5, 5.41) is 8.51. The third kappa shape index (κ3) is 6.19. The molecule has 116 valence electrons. The van der Waals surface area contributed by atoms with Gasteiger partial charge < -0.3 is 4.74 Å². The Morgan fingerprint density at radius 2 is 1.59 bits per heavy atom. The predicted octanol–water partition coefficient (Wildman–Crippen LogP) is 6.20. The summed E-state index contributed by atoms with van der Waals surface area (Å²) < 4.78 is 5.71. The van der Waals surface area contributed by atoms with Gasteiger partial charge >= 0.3 is 0 Å². The van der Waals surface area contributed by atoms with Crippen molar-refractivity contribution in [2.75, 3.05) is 6.61 Å².